The van der Waals surface area contributed by atoms with Crippen LogP contribution in [0.25, 0.3) is 0 Å². The summed E-state index contributed by atoms with van der Waals surface area (Å²) in [4.78, 5) is 0. The molecule has 0 atom stereocenters. The summed E-state index contributed by atoms with van der Waals surface area (Å²) in [5.74, 6) is 0. The Hall–Kier alpha value is -0.0400. The highest BCUT2D eigenvalue weighted by atomic mass is 15.4. The third kappa shape index (κ3) is 2.07. The van der Waals surface area contributed by atoms with Crippen molar-refractivity contribution in [1.29, 1.82) is 0 Å². The summed E-state index contributed by atoms with van der Waals surface area (Å²) in [6, 6.07) is 0.653. The molecular formula is C12H28N+. The lowest BCUT2D eigenvalue weighted by molar-refractivity contribution is -1.01. The maximum Gasteiger partial charge on any atom is 0.0910 e. The molecule has 0 bridgehead atoms. The van der Waals surface area contributed by atoms with Gasteiger partial charge in [0.25, 0.3) is 0 Å². The molecule has 0 aliphatic heterocycles. The second-order valence-corrected chi connectivity index (χ2v) is 6.51. The zero-order valence-electron chi connectivity index (χ0n) is 11.0. The Balaban J connectivity index is 5.22. The largest absolute Gasteiger partial charge is 0.316 e. The Morgan fingerprint density at radius 3 is 1.00 bits per heavy atom. The normalized spacial score (nSPS) is 15.2. The van der Waals surface area contributed by atoms with Crippen molar-refractivity contribution < 1.29 is 4.48 Å². The fourth-order valence-electron chi connectivity index (χ4n) is 2.56. The topological polar surface area (TPSA) is 0 Å². The number of rotatable bonds is 1. The predicted octanol–water partition coefficient (Wildman–Crippen LogP) is 3.44. The van der Waals surface area contributed by atoms with Crippen LogP contribution in [-0.2, 0) is 0 Å². The lowest BCUT2D eigenvalue weighted by Crippen LogP contribution is -2.69. The Kier molecular flexibility index (Phi) is 3.26. The van der Waals surface area contributed by atoms with Gasteiger partial charge in [0.05, 0.1) is 24.2 Å². The van der Waals surface area contributed by atoms with Crippen molar-refractivity contribution in [2.75, 3.05) is 7.05 Å². The van der Waals surface area contributed by atoms with Crippen LogP contribution in [0.3, 0.4) is 0 Å². The van der Waals surface area contributed by atoms with Crippen molar-refractivity contribution in [2.45, 2.75) is 72.5 Å². The number of nitrogens with zero attached hydrogens (tertiary/aromatic N) is 1. The summed E-state index contributed by atoms with van der Waals surface area (Å²) in [5.41, 5.74) is 0.596. The van der Waals surface area contributed by atoms with Crippen molar-refractivity contribution >= 4 is 0 Å². The third-order valence-electron chi connectivity index (χ3n) is 3.82. The molecule has 0 N–H and O–H groups in total. The fourth-order valence-corrected chi connectivity index (χ4v) is 2.56. The minimum atomic E-state index is 0.298. The maximum absolute atomic E-state index is 2.37. The summed E-state index contributed by atoms with van der Waals surface area (Å²) in [5, 5.41) is 0. The molecule has 0 amide bonds. The van der Waals surface area contributed by atoms with E-state index in [0.717, 1.165) is 4.48 Å². The van der Waals surface area contributed by atoms with Gasteiger partial charge in [-0.25, -0.2) is 0 Å². The quantitative estimate of drug-likeness (QED) is 0.550. The Labute approximate surface area is 84.7 Å². The van der Waals surface area contributed by atoms with Gasteiger partial charge in [-0.15, -0.1) is 0 Å². The first-order valence-corrected chi connectivity index (χ1v) is 5.31. The summed E-state index contributed by atoms with van der Waals surface area (Å²) >= 11 is 0. The van der Waals surface area contributed by atoms with Gasteiger partial charge in [-0.05, 0) is 55.4 Å². The lowest BCUT2D eigenvalue weighted by atomic mass is 9.89. The molecule has 0 spiro atoms. The molecule has 0 aliphatic carbocycles. The van der Waals surface area contributed by atoms with Crippen LogP contribution in [0.15, 0.2) is 0 Å². The predicted molar refractivity (Wildman–Crippen MR) is 60.8 cm³/mol. The van der Waals surface area contributed by atoms with E-state index in [4.69, 9.17) is 0 Å². The summed E-state index contributed by atoms with van der Waals surface area (Å²) in [7, 11) is 2.37. The van der Waals surface area contributed by atoms with Gasteiger partial charge in [-0.2, -0.15) is 0 Å². The number of quaternary nitrogens is 1. The smallest absolute Gasteiger partial charge is 0.0910 e. The Morgan fingerprint density at radius 1 is 0.769 bits per heavy atom. The van der Waals surface area contributed by atoms with Gasteiger partial charge >= 0.3 is 0 Å². The van der Waals surface area contributed by atoms with E-state index in [1.54, 1.807) is 0 Å². The van der Waals surface area contributed by atoms with Gasteiger partial charge in [0.1, 0.15) is 0 Å². The first kappa shape index (κ1) is 13.0. The van der Waals surface area contributed by atoms with Crippen molar-refractivity contribution in [3.63, 3.8) is 0 Å². The van der Waals surface area contributed by atoms with Crippen LogP contribution in [0.1, 0.15) is 55.4 Å². The van der Waals surface area contributed by atoms with Gasteiger partial charge < -0.3 is 4.48 Å². The Morgan fingerprint density at radius 2 is 1.00 bits per heavy atom. The molecule has 0 unspecified atom stereocenters. The molecule has 0 rings (SSSR count). The van der Waals surface area contributed by atoms with Crippen LogP contribution < -0.4 is 0 Å². The van der Waals surface area contributed by atoms with Crippen molar-refractivity contribution in [2.24, 2.45) is 0 Å². The van der Waals surface area contributed by atoms with Gasteiger partial charge in [-0.3, -0.25) is 0 Å². The highest BCUT2D eigenvalue weighted by molar-refractivity contribution is 4.74. The van der Waals surface area contributed by atoms with Gasteiger partial charge in [-0.1, -0.05) is 0 Å². The average molecular weight is 186 g/mol. The van der Waals surface area contributed by atoms with Crippen molar-refractivity contribution in [1.82, 2.24) is 0 Å². The zero-order chi connectivity index (χ0) is 11.1. The van der Waals surface area contributed by atoms with Crippen LogP contribution in [0, 0.1) is 0 Å². The molecule has 0 saturated carbocycles. The molecular weight excluding hydrogens is 158 g/mol. The first-order valence-electron chi connectivity index (χ1n) is 5.31. The average Bonchev–Trinajstić information content (AvgIpc) is 1.80. The van der Waals surface area contributed by atoms with Crippen LogP contribution in [0.2, 0.25) is 0 Å². The van der Waals surface area contributed by atoms with Crippen LogP contribution in [0.5, 0.6) is 0 Å². The van der Waals surface area contributed by atoms with Crippen LogP contribution >= 0.6 is 0 Å². The highest BCUT2D eigenvalue weighted by Crippen LogP contribution is 2.35. The minimum absolute atomic E-state index is 0.298. The standard InChI is InChI=1S/C12H28N/c1-10(2)13(9,11(3,4)5)12(6,7)8/h10H,1-9H3/q+1. The summed E-state index contributed by atoms with van der Waals surface area (Å²) < 4.78 is 1.10. The SMILES string of the molecule is CC(C)[N+](C)(C(C)(C)C)C(C)(C)C. The van der Waals surface area contributed by atoms with Crippen molar-refractivity contribution in [3.8, 4) is 0 Å². The van der Waals surface area contributed by atoms with E-state index in [-0.39, 0.29) is 0 Å². The van der Waals surface area contributed by atoms with E-state index < -0.39 is 0 Å². The molecule has 0 saturated heterocycles. The van der Waals surface area contributed by atoms with Crippen LogP contribution in [0.4, 0.5) is 0 Å². The Bertz CT molecular complexity index is 153. The van der Waals surface area contributed by atoms with Gasteiger partial charge in [0, 0.05) is 0 Å². The second kappa shape index (κ2) is 3.27. The molecule has 80 valence electrons. The molecule has 0 aliphatic rings. The molecule has 0 aromatic rings. The minimum Gasteiger partial charge on any atom is -0.316 e. The molecule has 0 fully saturated rings. The first-order chi connectivity index (χ1) is 5.44. The molecule has 0 heterocycles. The molecule has 1 nitrogen and oxygen atoms in total. The molecule has 1 heteroatoms. The second-order valence-electron chi connectivity index (χ2n) is 6.51. The molecule has 0 aromatic heterocycles. The van der Waals surface area contributed by atoms with E-state index in [9.17, 15) is 0 Å². The fraction of sp³-hybridized carbons (Fsp3) is 1.00. The van der Waals surface area contributed by atoms with E-state index in [1.807, 2.05) is 0 Å². The van der Waals surface area contributed by atoms with Gasteiger partial charge in [0.15, 0.2) is 0 Å². The summed E-state index contributed by atoms with van der Waals surface area (Å²) in [6.45, 7) is 18.6. The summed E-state index contributed by atoms with van der Waals surface area (Å²) in [6.07, 6.45) is 0. The monoisotopic (exact) mass is 186 g/mol. The maximum atomic E-state index is 2.37. The van der Waals surface area contributed by atoms with E-state index in [1.165, 1.54) is 0 Å². The van der Waals surface area contributed by atoms with E-state index >= 15 is 0 Å². The molecule has 13 heavy (non-hydrogen) atoms. The highest BCUT2D eigenvalue weighted by Gasteiger charge is 2.47. The lowest BCUT2D eigenvalue weighted by Gasteiger charge is -2.57. The van der Waals surface area contributed by atoms with E-state index in [2.05, 4.69) is 62.4 Å². The van der Waals surface area contributed by atoms with Gasteiger partial charge in [0.2, 0.25) is 0 Å². The number of hydrogen-bond donors (Lipinski definition) is 0. The van der Waals surface area contributed by atoms with Crippen LogP contribution in [-0.4, -0.2) is 28.7 Å². The van der Waals surface area contributed by atoms with Crippen molar-refractivity contribution in [3.05, 3.63) is 0 Å². The molecule has 0 aromatic carbocycles. The zero-order valence-corrected chi connectivity index (χ0v) is 11.0. The van der Waals surface area contributed by atoms with E-state index in [0.29, 0.717) is 17.1 Å². The third-order valence-corrected chi connectivity index (χ3v) is 3.82. The number of hydrogen-bond acceptors (Lipinski definition) is 0. The molecule has 0 radical (unpaired) electrons.